The van der Waals surface area contributed by atoms with Gasteiger partial charge < -0.3 is 9.47 Å². The number of nitrogens with zero attached hydrogens (tertiary/aromatic N) is 1. The molecule has 1 aromatic rings. The summed E-state index contributed by atoms with van der Waals surface area (Å²) in [6.45, 7) is 3.46. The second-order valence-electron chi connectivity index (χ2n) is 3.98. The van der Waals surface area contributed by atoms with Crippen molar-refractivity contribution in [1.29, 1.82) is 0 Å². The highest BCUT2D eigenvalue weighted by Gasteiger charge is 2.13. The summed E-state index contributed by atoms with van der Waals surface area (Å²) in [7, 11) is 0. The third-order valence-electron chi connectivity index (χ3n) is 2.51. The van der Waals surface area contributed by atoms with Crippen LogP contribution in [-0.2, 0) is 16.1 Å². The van der Waals surface area contributed by atoms with Gasteiger partial charge in [0.2, 0.25) is 0 Å². The highest BCUT2D eigenvalue weighted by atomic mass is 16.7. The Bertz CT molecular complexity index is 308. The number of aromatic nitrogens is 1. The van der Waals surface area contributed by atoms with Gasteiger partial charge in [0.25, 0.3) is 0 Å². The zero-order chi connectivity index (χ0) is 10.5. The van der Waals surface area contributed by atoms with Crippen molar-refractivity contribution in [1.82, 2.24) is 4.98 Å². The standard InChI is InChI=1S/C12H17NO2/c1-10-6-11(8-13-7-10)9-15-12-4-2-3-5-14-12/h6-8,12H,2-5,9H2,1H3. The molecular weight excluding hydrogens is 190 g/mol. The molecule has 0 amide bonds. The molecule has 1 atom stereocenters. The van der Waals surface area contributed by atoms with Gasteiger partial charge in [0.15, 0.2) is 6.29 Å². The highest BCUT2D eigenvalue weighted by Crippen LogP contribution is 2.15. The monoisotopic (exact) mass is 207 g/mol. The summed E-state index contributed by atoms with van der Waals surface area (Å²) in [5.74, 6) is 0. The van der Waals surface area contributed by atoms with E-state index in [4.69, 9.17) is 9.47 Å². The predicted octanol–water partition coefficient (Wildman–Crippen LogP) is 2.43. The van der Waals surface area contributed by atoms with E-state index >= 15 is 0 Å². The molecule has 3 heteroatoms. The van der Waals surface area contributed by atoms with Crippen LogP contribution in [0.4, 0.5) is 0 Å². The van der Waals surface area contributed by atoms with Crippen LogP contribution in [0.3, 0.4) is 0 Å². The van der Waals surface area contributed by atoms with Gasteiger partial charge in [0, 0.05) is 19.0 Å². The van der Waals surface area contributed by atoms with Crippen molar-refractivity contribution in [3.63, 3.8) is 0 Å². The van der Waals surface area contributed by atoms with Gasteiger partial charge in [-0.2, -0.15) is 0 Å². The van der Waals surface area contributed by atoms with Crippen LogP contribution in [-0.4, -0.2) is 17.9 Å². The molecule has 1 aliphatic heterocycles. The lowest BCUT2D eigenvalue weighted by Crippen LogP contribution is -2.22. The van der Waals surface area contributed by atoms with Crippen molar-refractivity contribution in [3.05, 3.63) is 29.6 Å². The Morgan fingerprint density at radius 2 is 2.40 bits per heavy atom. The third kappa shape index (κ3) is 3.29. The van der Waals surface area contributed by atoms with E-state index in [1.54, 1.807) is 0 Å². The summed E-state index contributed by atoms with van der Waals surface area (Å²) in [5, 5.41) is 0. The number of pyridine rings is 1. The SMILES string of the molecule is Cc1cncc(COC2CCCCO2)c1. The molecule has 15 heavy (non-hydrogen) atoms. The summed E-state index contributed by atoms with van der Waals surface area (Å²) in [6, 6.07) is 2.09. The molecule has 2 rings (SSSR count). The van der Waals surface area contributed by atoms with E-state index in [-0.39, 0.29) is 6.29 Å². The normalized spacial score (nSPS) is 21.5. The molecule has 1 aliphatic rings. The van der Waals surface area contributed by atoms with Gasteiger partial charge in [-0.05, 0) is 37.3 Å². The lowest BCUT2D eigenvalue weighted by atomic mass is 10.2. The molecule has 0 aromatic carbocycles. The van der Waals surface area contributed by atoms with Crippen molar-refractivity contribution >= 4 is 0 Å². The van der Waals surface area contributed by atoms with Crippen molar-refractivity contribution < 1.29 is 9.47 Å². The van der Waals surface area contributed by atoms with Gasteiger partial charge in [-0.3, -0.25) is 4.98 Å². The lowest BCUT2D eigenvalue weighted by molar-refractivity contribution is -0.168. The fourth-order valence-electron chi connectivity index (χ4n) is 1.73. The molecule has 1 aromatic heterocycles. The van der Waals surface area contributed by atoms with Crippen LogP contribution in [0.25, 0.3) is 0 Å². The van der Waals surface area contributed by atoms with Crippen molar-refractivity contribution in [2.75, 3.05) is 6.61 Å². The minimum Gasteiger partial charge on any atom is -0.353 e. The van der Waals surface area contributed by atoms with Gasteiger partial charge in [-0.25, -0.2) is 0 Å². The molecular formula is C12H17NO2. The van der Waals surface area contributed by atoms with Crippen LogP contribution in [0.5, 0.6) is 0 Å². The van der Waals surface area contributed by atoms with Crippen molar-refractivity contribution in [2.45, 2.75) is 39.1 Å². The molecule has 82 valence electrons. The summed E-state index contributed by atoms with van der Waals surface area (Å²) in [4.78, 5) is 4.13. The maximum atomic E-state index is 5.66. The van der Waals surface area contributed by atoms with Gasteiger partial charge in [-0.15, -0.1) is 0 Å². The number of ether oxygens (including phenoxy) is 2. The quantitative estimate of drug-likeness (QED) is 0.762. The summed E-state index contributed by atoms with van der Waals surface area (Å²) < 4.78 is 11.1. The van der Waals surface area contributed by atoms with E-state index in [1.807, 2.05) is 19.3 Å². The molecule has 2 heterocycles. The molecule has 0 spiro atoms. The Morgan fingerprint density at radius 1 is 1.47 bits per heavy atom. The summed E-state index contributed by atoms with van der Waals surface area (Å²) >= 11 is 0. The third-order valence-corrected chi connectivity index (χ3v) is 2.51. The fourth-order valence-corrected chi connectivity index (χ4v) is 1.73. The topological polar surface area (TPSA) is 31.4 Å². The summed E-state index contributed by atoms with van der Waals surface area (Å²) in [5.41, 5.74) is 2.28. The smallest absolute Gasteiger partial charge is 0.158 e. The van der Waals surface area contributed by atoms with Crippen LogP contribution < -0.4 is 0 Å². The van der Waals surface area contributed by atoms with E-state index in [0.717, 1.165) is 25.0 Å². The maximum Gasteiger partial charge on any atom is 0.158 e. The first-order valence-electron chi connectivity index (χ1n) is 5.48. The van der Waals surface area contributed by atoms with Crippen LogP contribution >= 0.6 is 0 Å². The molecule has 1 saturated heterocycles. The van der Waals surface area contributed by atoms with Crippen LogP contribution in [0, 0.1) is 6.92 Å². The average Bonchev–Trinajstić information content (AvgIpc) is 2.28. The Hall–Kier alpha value is -0.930. The molecule has 1 fully saturated rings. The second kappa shape index (κ2) is 5.24. The van der Waals surface area contributed by atoms with E-state index in [0.29, 0.717) is 6.61 Å². The van der Waals surface area contributed by atoms with E-state index in [1.165, 1.54) is 12.0 Å². The molecule has 0 aliphatic carbocycles. The Balaban J connectivity index is 1.81. The Kier molecular flexibility index (Phi) is 3.69. The molecule has 0 radical (unpaired) electrons. The molecule has 3 nitrogen and oxygen atoms in total. The highest BCUT2D eigenvalue weighted by molar-refractivity contribution is 5.15. The largest absolute Gasteiger partial charge is 0.353 e. The first-order chi connectivity index (χ1) is 7.34. The number of hydrogen-bond donors (Lipinski definition) is 0. The van der Waals surface area contributed by atoms with Gasteiger partial charge in [0.05, 0.1) is 6.61 Å². The molecule has 0 saturated carbocycles. The number of aryl methyl sites for hydroxylation is 1. The zero-order valence-corrected chi connectivity index (χ0v) is 9.11. The van der Waals surface area contributed by atoms with E-state index in [9.17, 15) is 0 Å². The Labute approximate surface area is 90.4 Å². The summed E-state index contributed by atoms with van der Waals surface area (Å²) in [6.07, 6.45) is 7.05. The number of rotatable bonds is 3. The lowest BCUT2D eigenvalue weighted by Gasteiger charge is -2.22. The Morgan fingerprint density at radius 3 is 3.13 bits per heavy atom. The van der Waals surface area contributed by atoms with Gasteiger partial charge in [-0.1, -0.05) is 6.07 Å². The minimum atomic E-state index is -0.0146. The van der Waals surface area contributed by atoms with E-state index < -0.39 is 0 Å². The van der Waals surface area contributed by atoms with Crippen LogP contribution in [0.1, 0.15) is 30.4 Å². The first kappa shape index (κ1) is 10.6. The fraction of sp³-hybridized carbons (Fsp3) is 0.583. The first-order valence-corrected chi connectivity index (χ1v) is 5.48. The average molecular weight is 207 g/mol. The zero-order valence-electron chi connectivity index (χ0n) is 9.11. The minimum absolute atomic E-state index is 0.0146. The predicted molar refractivity (Wildman–Crippen MR) is 57.4 cm³/mol. The van der Waals surface area contributed by atoms with Crippen LogP contribution in [0.15, 0.2) is 18.5 Å². The van der Waals surface area contributed by atoms with Crippen molar-refractivity contribution in [2.24, 2.45) is 0 Å². The number of hydrogen-bond acceptors (Lipinski definition) is 3. The van der Waals surface area contributed by atoms with E-state index in [2.05, 4.69) is 11.1 Å². The molecule has 0 bridgehead atoms. The second-order valence-corrected chi connectivity index (χ2v) is 3.98. The van der Waals surface area contributed by atoms with Crippen LogP contribution in [0.2, 0.25) is 0 Å². The van der Waals surface area contributed by atoms with Gasteiger partial charge in [0.1, 0.15) is 0 Å². The molecule has 0 N–H and O–H groups in total. The van der Waals surface area contributed by atoms with Gasteiger partial charge >= 0.3 is 0 Å². The maximum absolute atomic E-state index is 5.66. The molecule has 1 unspecified atom stereocenters. The van der Waals surface area contributed by atoms with Crippen molar-refractivity contribution in [3.8, 4) is 0 Å².